The number of ketones is 1. The summed E-state index contributed by atoms with van der Waals surface area (Å²) < 4.78 is 0. The third-order valence-electron chi connectivity index (χ3n) is 4.88. The molecule has 7 nitrogen and oxygen atoms in total. The highest BCUT2D eigenvalue weighted by Crippen LogP contribution is 2.19. The van der Waals surface area contributed by atoms with Gasteiger partial charge in [-0.3, -0.25) is 19.4 Å². The summed E-state index contributed by atoms with van der Waals surface area (Å²) in [6, 6.07) is 0. The number of carbonyl (C=O) groups excluding carboxylic acids is 2. The highest BCUT2D eigenvalue weighted by Gasteiger charge is 2.25. The van der Waals surface area contributed by atoms with Gasteiger partial charge in [-0.2, -0.15) is 0 Å². The van der Waals surface area contributed by atoms with Gasteiger partial charge < -0.3 is 15.7 Å². The quantitative estimate of drug-likeness (QED) is 0.669. The van der Waals surface area contributed by atoms with Crippen molar-refractivity contribution in [3.63, 3.8) is 0 Å². The molecule has 3 N–H and O–H groups in total. The first-order valence-corrected chi connectivity index (χ1v) is 9.05. The molecule has 0 unspecified atom stereocenters. The molecule has 24 heavy (non-hydrogen) atoms. The monoisotopic (exact) mass is 342 g/mol. The number of nitrogens with two attached hydrogens (primary N) is 1. The van der Waals surface area contributed by atoms with Crippen LogP contribution in [0.2, 0.25) is 0 Å². The van der Waals surface area contributed by atoms with E-state index < -0.39 is 0 Å². The summed E-state index contributed by atoms with van der Waals surface area (Å²) in [6.07, 6.45) is 2.95. The number of nitrogens with zero attached hydrogens (tertiary/aromatic N) is 3. The lowest BCUT2D eigenvalue weighted by atomic mass is 9.95. The fourth-order valence-corrected chi connectivity index (χ4v) is 3.33. The van der Waals surface area contributed by atoms with E-state index in [-0.39, 0.29) is 12.5 Å². The lowest BCUT2D eigenvalue weighted by Crippen LogP contribution is -2.51. The average molecular weight is 342 g/mol. The van der Waals surface area contributed by atoms with E-state index in [9.17, 15) is 9.59 Å². The van der Waals surface area contributed by atoms with Crippen molar-refractivity contribution in [1.29, 1.82) is 0 Å². The minimum atomic E-state index is -0.380. The second-order valence-electron chi connectivity index (χ2n) is 6.45. The van der Waals surface area contributed by atoms with Gasteiger partial charge in [-0.15, -0.1) is 0 Å². The van der Waals surface area contributed by atoms with Gasteiger partial charge in [0.15, 0.2) is 0 Å². The molecule has 140 valence electrons. The Bertz CT molecular complexity index is 376. The summed E-state index contributed by atoms with van der Waals surface area (Å²) in [4.78, 5) is 29.4. The molecule has 2 aliphatic heterocycles. The second-order valence-corrected chi connectivity index (χ2v) is 6.45. The first-order chi connectivity index (χ1) is 11.6. The van der Waals surface area contributed by atoms with E-state index in [2.05, 4.69) is 15.5 Å². The second kappa shape index (κ2) is 11.5. The fourth-order valence-electron chi connectivity index (χ4n) is 3.33. The lowest BCUT2D eigenvalue weighted by Gasteiger charge is -2.38. The number of piperazine rings is 1. The van der Waals surface area contributed by atoms with Crippen LogP contribution in [0.25, 0.3) is 0 Å². The highest BCUT2D eigenvalue weighted by molar-refractivity contribution is 5.80. The largest absolute Gasteiger partial charge is 0.387 e. The lowest BCUT2D eigenvalue weighted by molar-refractivity contribution is -0.136. The molecular weight excluding hydrogens is 308 g/mol. The third kappa shape index (κ3) is 6.84. The molecule has 0 bridgehead atoms. The van der Waals surface area contributed by atoms with Crippen LogP contribution in [0, 0.1) is 5.92 Å². The van der Waals surface area contributed by atoms with E-state index in [0.29, 0.717) is 24.7 Å². The SMILES string of the molecule is CCC(=O)CN1CCC(CN2CCN(C(=O)CO)CC2)CC1.CN. The van der Waals surface area contributed by atoms with Gasteiger partial charge in [0.1, 0.15) is 12.4 Å². The molecule has 2 aliphatic rings. The molecule has 0 atom stereocenters. The van der Waals surface area contributed by atoms with Crippen LogP contribution in [-0.2, 0) is 9.59 Å². The molecule has 2 rings (SSSR count). The number of aliphatic hydroxyl groups excluding tert-OH is 1. The first kappa shape index (κ1) is 21.0. The normalized spacial score (nSPS) is 20.4. The van der Waals surface area contributed by atoms with Crippen LogP contribution in [0.4, 0.5) is 0 Å². The number of Topliss-reactive ketones (excluding diaryl/α,β-unsaturated/α-hetero) is 1. The third-order valence-corrected chi connectivity index (χ3v) is 4.88. The zero-order valence-corrected chi connectivity index (χ0v) is 15.2. The number of amides is 1. The van der Waals surface area contributed by atoms with E-state index in [1.54, 1.807) is 4.90 Å². The molecule has 0 aliphatic carbocycles. The van der Waals surface area contributed by atoms with Crippen LogP contribution in [0.15, 0.2) is 0 Å². The van der Waals surface area contributed by atoms with Crippen LogP contribution in [0.5, 0.6) is 0 Å². The van der Waals surface area contributed by atoms with Crippen molar-refractivity contribution in [3.8, 4) is 0 Å². The molecule has 0 saturated carbocycles. The molecular formula is C17H34N4O3. The van der Waals surface area contributed by atoms with Gasteiger partial charge in [-0.05, 0) is 38.9 Å². The van der Waals surface area contributed by atoms with Crippen molar-refractivity contribution in [1.82, 2.24) is 14.7 Å². The number of hydrogen-bond acceptors (Lipinski definition) is 6. The Balaban J connectivity index is 0.00000139. The Morgan fingerprint density at radius 3 is 2.08 bits per heavy atom. The van der Waals surface area contributed by atoms with E-state index in [1.807, 2.05) is 6.92 Å². The topological polar surface area (TPSA) is 90.1 Å². The van der Waals surface area contributed by atoms with E-state index in [4.69, 9.17) is 5.11 Å². The van der Waals surface area contributed by atoms with Crippen molar-refractivity contribution in [3.05, 3.63) is 0 Å². The van der Waals surface area contributed by atoms with Crippen LogP contribution < -0.4 is 5.73 Å². The van der Waals surface area contributed by atoms with Crippen molar-refractivity contribution in [2.24, 2.45) is 11.7 Å². The minimum absolute atomic E-state index is 0.159. The first-order valence-electron chi connectivity index (χ1n) is 9.05. The molecule has 2 saturated heterocycles. The number of piperidine rings is 1. The summed E-state index contributed by atoms with van der Waals surface area (Å²) in [7, 11) is 1.50. The van der Waals surface area contributed by atoms with Crippen molar-refractivity contribution < 1.29 is 14.7 Å². The smallest absolute Gasteiger partial charge is 0.248 e. The molecule has 2 fully saturated rings. The van der Waals surface area contributed by atoms with Gasteiger partial charge in [-0.1, -0.05) is 6.92 Å². The highest BCUT2D eigenvalue weighted by atomic mass is 16.3. The van der Waals surface area contributed by atoms with Crippen molar-refractivity contribution >= 4 is 11.7 Å². The fraction of sp³-hybridized carbons (Fsp3) is 0.882. The van der Waals surface area contributed by atoms with E-state index >= 15 is 0 Å². The number of aliphatic hydroxyl groups is 1. The average Bonchev–Trinajstić information content (AvgIpc) is 2.65. The molecule has 0 spiro atoms. The molecule has 0 aromatic carbocycles. The predicted molar refractivity (Wildman–Crippen MR) is 94.7 cm³/mol. The van der Waals surface area contributed by atoms with Gasteiger partial charge in [-0.25, -0.2) is 0 Å². The number of carbonyl (C=O) groups is 2. The molecule has 0 aromatic rings. The minimum Gasteiger partial charge on any atom is -0.387 e. The molecule has 0 radical (unpaired) electrons. The maximum Gasteiger partial charge on any atom is 0.248 e. The Morgan fingerprint density at radius 2 is 1.58 bits per heavy atom. The Kier molecular flexibility index (Phi) is 10.1. The van der Waals surface area contributed by atoms with Crippen LogP contribution in [0.3, 0.4) is 0 Å². The molecule has 7 heteroatoms. The van der Waals surface area contributed by atoms with Gasteiger partial charge >= 0.3 is 0 Å². The maximum absolute atomic E-state index is 11.5. The van der Waals surface area contributed by atoms with E-state index in [1.165, 1.54) is 7.05 Å². The molecule has 0 aromatic heterocycles. The summed E-state index contributed by atoms with van der Waals surface area (Å²) in [5.74, 6) is 0.879. The Labute approximate surface area is 145 Å². The zero-order chi connectivity index (χ0) is 17.9. The van der Waals surface area contributed by atoms with Gasteiger partial charge in [0, 0.05) is 39.1 Å². The zero-order valence-electron chi connectivity index (χ0n) is 15.2. The van der Waals surface area contributed by atoms with Crippen LogP contribution in [-0.4, -0.2) is 97.5 Å². The van der Waals surface area contributed by atoms with Gasteiger partial charge in [0.25, 0.3) is 0 Å². The Hall–Kier alpha value is -1.02. The van der Waals surface area contributed by atoms with Gasteiger partial charge in [0.2, 0.25) is 5.91 Å². The number of rotatable bonds is 6. The van der Waals surface area contributed by atoms with Crippen LogP contribution in [0.1, 0.15) is 26.2 Å². The van der Waals surface area contributed by atoms with Crippen molar-refractivity contribution in [2.75, 3.05) is 66.0 Å². The number of likely N-dealkylation sites (tertiary alicyclic amines) is 1. The summed E-state index contributed by atoms with van der Waals surface area (Å²) in [5, 5.41) is 8.89. The van der Waals surface area contributed by atoms with Gasteiger partial charge in [0.05, 0.1) is 6.54 Å². The standard InChI is InChI=1S/C16H29N3O3.CH5N/c1-2-15(21)12-17-5-3-14(4-6-17)11-18-7-9-19(10-8-18)16(22)13-20;1-2/h14,20H,2-13H2,1H3;2H2,1H3. The van der Waals surface area contributed by atoms with Crippen molar-refractivity contribution in [2.45, 2.75) is 26.2 Å². The predicted octanol–water partition coefficient (Wildman–Crippen LogP) is -0.611. The maximum atomic E-state index is 11.5. The number of hydrogen-bond donors (Lipinski definition) is 2. The molecule has 1 amide bonds. The molecule has 2 heterocycles. The van der Waals surface area contributed by atoms with E-state index in [0.717, 1.165) is 58.7 Å². The summed E-state index contributed by atoms with van der Waals surface area (Å²) in [6.45, 7) is 8.57. The summed E-state index contributed by atoms with van der Waals surface area (Å²) in [5.41, 5.74) is 4.50. The van der Waals surface area contributed by atoms with Crippen LogP contribution >= 0.6 is 0 Å². The Morgan fingerprint density at radius 1 is 1.00 bits per heavy atom. The summed E-state index contributed by atoms with van der Waals surface area (Å²) >= 11 is 0.